The number of hydrogen-bond donors (Lipinski definition) is 1. The molecule has 7 heteroatoms. The Labute approximate surface area is 123 Å². The van der Waals surface area contributed by atoms with Crippen LogP contribution in [0.2, 0.25) is 0 Å². The minimum absolute atomic E-state index is 0.0693. The van der Waals surface area contributed by atoms with Gasteiger partial charge in [0.1, 0.15) is 4.21 Å². The lowest BCUT2D eigenvalue weighted by molar-refractivity contribution is 0.0607. The van der Waals surface area contributed by atoms with Crippen molar-refractivity contribution < 1.29 is 13.2 Å². The second-order valence-electron chi connectivity index (χ2n) is 5.16. The molecule has 1 aromatic heterocycles. The molecule has 1 fully saturated rings. The first kappa shape index (κ1) is 15.5. The number of likely N-dealkylation sites (tertiary alicyclic amines) is 1. The number of rotatable bonds is 3. The van der Waals surface area contributed by atoms with Crippen LogP contribution in [-0.2, 0) is 10.0 Å². The second-order valence-corrected chi connectivity index (χ2v) is 7.80. The third-order valence-electron chi connectivity index (χ3n) is 3.84. The van der Waals surface area contributed by atoms with Crippen molar-refractivity contribution in [2.75, 3.05) is 6.54 Å². The standard InChI is InChI=1S/C13H20N2O3S2/c1-3-10-6-4-5-7-15(10)12(16)11-8-19-13(9(11)2)20(14,17)18/h8,10H,3-7H2,1-2H3,(H2,14,17,18). The summed E-state index contributed by atoms with van der Waals surface area (Å²) in [6, 6.07) is 0.258. The highest BCUT2D eigenvalue weighted by atomic mass is 32.2. The smallest absolute Gasteiger partial charge is 0.255 e. The maximum Gasteiger partial charge on any atom is 0.255 e. The van der Waals surface area contributed by atoms with Crippen molar-refractivity contribution in [1.29, 1.82) is 0 Å². The molecule has 0 bridgehead atoms. The lowest BCUT2D eigenvalue weighted by atomic mass is 9.99. The molecule has 5 nitrogen and oxygen atoms in total. The van der Waals surface area contributed by atoms with Crippen LogP contribution >= 0.6 is 11.3 Å². The van der Waals surface area contributed by atoms with E-state index in [1.807, 2.05) is 4.90 Å². The number of nitrogens with zero attached hydrogens (tertiary/aromatic N) is 1. The van der Waals surface area contributed by atoms with E-state index in [0.29, 0.717) is 11.1 Å². The molecule has 0 saturated carbocycles. The molecule has 20 heavy (non-hydrogen) atoms. The molecule has 0 radical (unpaired) electrons. The molecular weight excluding hydrogens is 296 g/mol. The average molecular weight is 316 g/mol. The van der Waals surface area contributed by atoms with Crippen LogP contribution in [0.5, 0.6) is 0 Å². The van der Waals surface area contributed by atoms with Gasteiger partial charge in [0.25, 0.3) is 5.91 Å². The third kappa shape index (κ3) is 2.89. The molecule has 2 N–H and O–H groups in total. The molecule has 112 valence electrons. The highest BCUT2D eigenvalue weighted by Crippen LogP contribution is 2.29. The summed E-state index contributed by atoms with van der Waals surface area (Å²) in [5.74, 6) is -0.0693. The van der Waals surface area contributed by atoms with Gasteiger partial charge in [-0.1, -0.05) is 6.92 Å². The minimum atomic E-state index is -3.75. The molecule has 1 aromatic rings. The Balaban J connectivity index is 2.32. The Bertz CT molecular complexity index is 607. The molecular formula is C13H20N2O3S2. The first-order chi connectivity index (χ1) is 9.36. The molecule has 1 saturated heterocycles. The van der Waals surface area contributed by atoms with Gasteiger partial charge >= 0.3 is 0 Å². The Morgan fingerprint density at radius 2 is 2.20 bits per heavy atom. The van der Waals surface area contributed by atoms with Gasteiger partial charge in [0, 0.05) is 18.0 Å². The summed E-state index contributed by atoms with van der Waals surface area (Å²) in [5, 5.41) is 6.77. The quantitative estimate of drug-likeness (QED) is 0.927. The van der Waals surface area contributed by atoms with Crippen LogP contribution in [0.15, 0.2) is 9.59 Å². The largest absolute Gasteiger partial charge is 0.336 e. The van der Waals surface area contributed by atoms with Crippen LogP contribution in [0.1, 0.15) is 48.5 Å². The Hall–Kier alpha value is -0.920. The van der Waals surface area contributed by atoms with Gasteiger partial charge < -0.3 is 4.90 Å². The predicted octanol–water partition coefficient (Wildman–Crippen LogP) is 2.11. The van der Waals surface area contributed by atoms with Gasteiger partial charge in [0.2, 0.25) is 10.0 Å². The third-order valence-corrected chi connectivity index (χ3v) is 6.52. The van der Waals surface area contributed by atoms with E-state index in [1.54, 1.807) is 12.3 Å². The lowest BCUT2D eigenvalue weighted by Gasteiger charge is -2.35. The van der Waals surface area contributed by atoms with Crippen LogP contribution < -0.4 is 5.14 Å². The number of carbonyl (C=O) groups is 1. The maximum atomic E-state index is 12.6. The molecule has 1 aliphatic rings. The van der Waals surface area contributed by atoms with E-state index in [9.17, 15) is 13.2 Å². The summed E-state index contributed by atoms with van der Waals surface area (Å²) in [5.41, 5.74) is 0.947. The van der Waals surface area contributed by atoms with Crippen molar-refractivity contribution in [3.05, 3.63) is 16.5 Å². The summed E-state index contributed by atoms with van der Waals surface area (Å²) in [6.07, 6.45) is 4.10. The molecule has 0 aliphatic carbocycles. The summed E-state index contributed by atoms with van der Waals surface area (Å²) >= 11 is 1.02. The van der Waals surface area contributed by atoms with Gasteiger partial charge in [-0.15, -0.1) is 11.3 Å². The number of thiophene rings is 1. The summed E-state index contributed by atoms with van der Waals surface area (Å²) in [7, 11) is -3.75. The fourth-order valence-electron chi connectivity index (χ4n) is 2.74. The SMILES string of the molecule is CCC1CCCCN1C(=O)c1csc(S(N)(=O)=O)c1C. The van der Waals surface area contributed by atoms with Crippen LogP contribution in [-0.4, -0.2) is 31.8 Å². The van der Waals surface area contributed by atoms with E-state index < -0.39 is 10.0 Å². The van der Waals surface area contributed by atoms with E-state index in [4.69, 9.17) is 5.14 Å². The first-order valence-electron chi connectivity index (χ1n) is 6.78. The van der Waals surface area contributed by atoms with Crippen molar-refractivity contribution in [2.24, 2.45) is 5.14 Å². The van der Waals surface area contributed by atoms with Gasteiger partial charge in [-0.3, -0.25) is 4.79 Å². The summed E-state index contributed by atoms with van der Waals surface area (Å²) in [6.45, 7) is 4.47. The van der Waals surface area contributed by atoms with Gasteiger partial charge in [-0.05, 0) is 38.2 Å². The van der Waals surface area contributed by atoms with E-state index in [-0.39, 0.29) is 16.2 Å². The second kappa shape index (κ2) is 5.83. The Morgan fingerprint density at radius 1 is 1.50 bits per heavy atom. The van der Waals surface area contributed by atoms with Crippen LogP contribution in [0.4, 0.5) is 0 Å². The number of amides is 1. The first-order valence-corrected chi connectivity index (χ1v) is 9.20. The van der Waals surface area contributed by atoms with Crippen molar-refractivity contribution in [3.8, 4) is 0 Å². The summed E-state index contributed by atoms with van der Waals surface area (Å²) in [4.78, 5) is 14.5. The number of sulfonamides is 1. The summed E-state index contributed by atoms with van der Waals surface area (Å²) < 4.78 is 23.0. The maximum absolute atomic E-state index is 12.6. The fraction of sp³-hybridized carbons (Fsp3) is 0.615. The number of carbonyl (C=O) groups excluding carboxylic acids is 1. The van der Waals surface area contributed by atoms with Crippen molar-refractivity contribution in [3.63, 3.8) is 0 Å². The molecule has 1 aliphatic heterocycles. The van der Waals surface area contributed by atoms with Gasteiger partial charge in [0.15, 0.2) is 0 Å². The highest BCUT2D eigenvalue weighted by molar-refractivity contribution is 7.91. The number of nitrogens with two attached hydrogens (primary N) is 1. The lowest BCUT2D eigenvalue weighted by Crippen LogP contribution is -2.43. The Kier molecular flexibility index (Phi) is 4.51. The zero-order valence-electron chi connectivity index (χ0n) is 11.8. The fourth-order valence-corrected chi connectivity index (χ4v) is 4.74. The monoisotopic (exact) mass is 316 g/mol. The minimum Gasteiger partial charge on any atom is -0.336 e. The molecule has 0 aromatic carbocycles. The molecule has 2 rings (SSSR count). The topological polar surface area (TPSA) is 80.5 Å². The van der Waals surface area contributed by atoms with Crippen LogP contribution in [0.25, 0.3) is 0 Å². The zero-order chi connectivity index (χ0) is 14.9. The van der Waals surface area contributed by atoms with Gasteiger partial charge in [0.05, 0.1) is 5.56 Å². The number of hydrogen-bond acceptors (Lipinski definition) is 4. The molecule has 0 spiro atoms. The Morgan fingerprint density at radius 3 is 2.75 bits per heavy atom. The van der Waals surface area contributed by atoms with Crippen molar-refractivity contribution >= 4 is 27.3 Å². The van der Waals surface area contributed by atoms with Crippen molar-refractivity contribution in [1.82, 2.24) is 4.90 Å². The van der Waals surface area contributed by atoms with Crippen LogP contribution in [0.3, 0.4) is 0 Å². The van der Waals surface area contributed by atoms with E-state index in [0.717, 1.165) is 43.6 Å². The average Bonchev–Trinajstić information content (AvgIpc) is 2.79. The van der Waals surface area contributed by atoms with Crippen LogP contribution in [0, 0.1) is 6.92 Å². The zero-order valence-corrected chi connectivity index (χ0v) is 13.4. The number of primary sulfonamides is 1. The highest BCUT2D eigenvalue weighted by Gasteiger charge is 2.29. The molecule has 1 atom stereocenters. The van der Waals surface area contributed by atoms with Crippen molar-refractivity contribution in [2.45, 2.75) is 49.8 Å². The van der Waals surface area contributed by atoms with Gasteiger partial charge in [-0.25, -0.2) is 13.6 Å². The predicted molar refractivity (Wildman–Crippen MR) is 79.4 cm³/mol. The van der Waals surface area contributed by atoms with E-state index in [1.165, 1.54) is 0 Å². The molecule has 1 unspecified atom stereocenters. The molecule has 2 heterocycles. The number of piperidine rings is 1. The van der Waals surface area contributed by atoms with E-state index >= 15 is 0 Å². The molecule has 1 amide bonds. The van der Waals surface area contributed by atoms with Gasteiger partial charge in [-0.2, -0.15) is 0 Å². The normalized spacial score (nSPS) is 20.1. The van der Waals surface area contributed by atoms with E-state index in [2.05, 4.69) is 6.92 Å².